The Morgan fingerprint density at radius 1 is 1.33 bits per heavy atom. The fraction of sp³-hybridized carbons (Fsp3) is 0.312. The first-order valence-corrected chi connectivity index (χ1v) is 6.87. The monoisotopic (exact) mass is 290 g/mol. The Labute approximate surface area is 123 Å². The van der Waals surface area contributed by atoms with Gasteiger partial charge in [0.05, 0.1) is 5.69 Å². The molecule has 1 aromatic heterocycles. The average Bonchev–Trinajstić information content (AvgIpc) is 3.00. The van der Waals surface area contributed by atoms with Gasteiger partial charge in [-0.25, -0.2) is 4.39 Å². The molecule has 4 nitrogen and oxygen atoms in total. The van der Waals surface area contributed by atoms with Crippen LogP contribution in [0.2, 0.25) is 0 Å². The second-order valence-electron chi connectivity index (χ2n) is 5.18. The number of aliphatic hydroxyl groups excluding tert-OH is 1. The van der Waals surface area contributed by atoms with Gasteiger partial charge in [0.2, 0.25) is 0 Å². The van der Waals surface area contributed by atoms with Crippen molar-refractivity contribution in [3.63, 3.8) is 0 Å². The molecule has 0 aliphatic rings. The number of rotatable bonds is 5. The second kappa shape index (κ2) is 6.54. The van der Waals surface area contributed by atoms with E-state index >= 15 is 0 Å². The molecule has 21 heavy (non-hydrogen) atoms. The minimum absolute atomic E-state index is 0.0115. The van der Waals surface area contributed by atoms with Crippen LogP contribution in [0.3, 0.4) is 0 Å². The van der Waals surface area contributed by atoms with Gasteiger partial charge in [0.25, 0.3) is 5.91 Å². The Kier molecular flexibility index (Phi) is 4.75. The van der Waals surface area contributed by atoms with Gasteiger partial charge in [-0.3, -0.25) is 4.79 Å². The number of hydrogen-bond donors (Lipinski definition) is 2. The molecule has 0 aliphatic heterocycles. The molecule has 2 rings (SSSR count). The molecule has 0 spiro atoms. The topological polar surface area (TPSA) is 54.3 Å². The molecule has 0 radical (unpaired) electrons. The minimum atomic E-state index is -0.457. The van der Waals surface area contributed by atoms with Crippen molar-refractivity contribution in [2.75, 3.05) is 6.61 Å². The van der Waals surface area contributed by atoms with Crippen molar-refractivity contribution in [1.82, 2.24) is 9.88 Å². The zero-order chi connectivity index (χ0) is 15.4. The molecule has 1 amide bonds. The first kappa shape index (κ1) is 15.3. The summed E-state index contributed by atoms with van der Waals surface area (Å²) in [5.74, 6) is -0.861. The van der Waals surface area contributed by atoms with Crippen LogP contribution < -0.4 is 5.32 Å². The van der Waals surface area contributed by atoms with Crippen LogP contribution in [0, 0.1) is 11.7 Å². The molecule has 2 atom stereocenters. The van der Waals surface area contributed by atoms with Gasteiger partial charge in [-0.1, -0.05) is 6.92 Å². The van der Waals surface area contributed by atoms with Gasteiger partial charge in [-0.05, 0) is 43.2 Å². The minimum Gasteiger partial charge on any atom is -0.396 e. The van der Waals surface area contributed by atoms with E-state index in [0.29, 0.717) is 5.69 Å². The Morgan fingerprint density at radius 2 is 2.00 bits per heavy atom. The number of carbonyl (C=O) groups is 1. The van der Waals surface area contributed by atoms with Crippen molar-refractivity contribution in [1.29, 1.82) is 0 Å². The van der Waals surface area contributed by atoms with Crippen molar-refractivity contribution in [3.05, 3.63) is 54.1 Å². The molecular formula is C16H19FN2O2. The predicted octanol–water partition coefficient (Wildman–Crippen LogP) is 2.36. The maximum absolute atomic E-state index is 14.1. The van der Waals surface area contributed by atoms with E-state index in [9.17, 15) is 9.18 Å². The highest BCUT2D eigenvalue weighted by Gasteiger charge is 2.16. The molecule has 1 heterocycles. The summed E-state index contributed by atoms with van der Waals surface area (Å²) in [6.45, 7) is 3.63. The fourth-order valence-electron chi connectivity index (χ4n) is 1.94. The van der Waals surface area contributed by atoms with E-state index in [-0.39, 0.29) is 30.0 Å². The summed E-state index contributed by atoms with van der Waals surface area (Å²) in [6.07, 6.45) is 3.48. The number of nitrogens with zero attached hydrogens (tertiary/aromatic N) is 1. The third-order valence-corrected chi connectivity index (χ3v) is 3.59. The maximum atomic E-state index is 14.1. The molecule has 2 aromatic rings. The Hall–Kier alpha value is -2.14. The number of aromatic nitrogens is 1. The highest BCUT2D eigenvalue weighted by Crippen LogP contribution is 2.16. The quantitative estimate of drug-likeness (QED) is 0.888. The maximum Gasteiger partial charge on any atom is 0.251 e. The van der Waals surface area contributed by atoms with Crippen molar-refractivity contribution in [3.8, 4) is 5.69 Å². The number of amides is 1. The van der Waals surface area contributed by atoms with Gasteiger partial charge in [0.15, 0.2) is 0 Å². The molecule has 0 fully saturated rings. The SMILES string of the molecule is CC(CO)C(C)NC(=O)c1ccc(-n2cccc2)c(F)c1. The predicted molar refractivity (Wildman–Crippen MR) is 78.9 cm³/mol. The zero-order valence-corrected chi connectivity index (χ0v) is 12.1. The van der Waals surface area contributed by atoms with E-state index in [4.69, 9.17) is 5.11 Å². The largest absolute Gasteiger partial charge is 0.396 e. The average molecular weight is 290 g/mol. The summed E-state index contributed by atoms with van der Waals surface area (Å²) in [5.41, 5.74) is 0.661. The molecule has 2 N–H and O–H groups in total. The van der Waals surface area contributed by atoms with Crippen molar-refractivity contribution in [2.45, 2.75) is 19.9 Å². The highest BCUT2D eigenvalue weighted by molar-refractivity contribution is 5.94. The van der Waals surface area contributed by atoms with Crippen LogP contribution in [-0.2, 0) is 0 Å². The molecule has 0 bridgehead atoms. The van der Waals surface area contributed by atoms with E-state index in [1.165, 1.54) is 6.07 Å². The van der Waals surface area contributed by atoms with E-state index in [2.05, 4.69) is 5.32 Å². The first-order chi connectivity index (χ1) is 10.0. The number of hydrogen-bond acceptors (Lipinski definition) is 2. The molecular weight excluding hydrogens is 271 g/mol. The van der Waals surface area contributed by atoms with E-state index in [1.807, 2.05) is 13.8 Å². The normalized spacial score (nSPS) is 13.7. The van der Waals surface area contributed by atoms with Crippen LogP contribution in [0.25, 0.3) is 5.69 Å². The Morgan fingerprint density at radius 3 is 2.57 bits per heavy atom. The van der Waals surface area contributed by atoms with Gasteiger partial charge in [0.1, 0.15) is 5.82 Å². The first-order valence-electron chi connectivity index (χ1n) is 6.87. The molecule has 112 valence electrons. The molecule has 0 saturated heterocycles. The summed E-state index contributed by atoms with van der Waals surface area (Å²) < 4.78 is 15.7. The lowest BCUT2D eigenvalue weighted by Crippen LogP contribution is -2.38. The van der Waals surface area contributed by atoms with Crippen LogP contribution in [-0.4, -0.2) is 28.2 Å². The smallest absolute Gasteiger partial charge is 0.251 e. The summed E-state index contributed by atoms with van der Waals surface area (Å²) in [5, 5.41) is 11.8. The second-order valence-corrected chi connectivity index (χ2v) is 5.18. The standard InChI is InChI=1S/C16H19FN2O2/c1-11(10-20)12(2)18-16(21)13-5-6-15(14(17)9-13)19-7-3-4-8-19/h3-9,11-12,20H,10H2,1-2H3,(H,18,21). The number of carbonyl (C=O) groups excluding carboxylic acids is 1. The lowest BCUT2D eigenvalue weighted by atomic mass is 10.0. The summed E-state index contributed by atoms with van der Waals surface area (Å²) in [7, 11) is 0. The molecule has 0 saturated carbocycles. The van der Waals surface area contributed by atoms with Crippen molar-refractivity contribution >= 4 is 5.91 Å². The van der Waals surface area contributed by atoms with Gasteiger partial charge >= 0.3 is 0 Å². The highest BCUT2D eigenvalue weighted by atomic mass is 19.1. The van der Waals surface area contributed by atoms with E-state index in [0.717, 1.165) is 0 Å². The molecule has 0 aliphatic carbocycles. The lowest BCUT2D eigenvalue weighted by Gasteiger charge is -2.19. The van der Waals surface area contributed by atoms with E-state index in [1.54, 1.807) is 41.2 Å². The van der Waals surface area contributed by atoms with Crippen LogP contribution in [0.1, 0.15) is 24.2 Å². The van der Waals surface area contributed by atoms with Crippen molar-refractivity contribution in [2.24, 2.45) is 5.92 Å². The van der Waals surface area contributed by atoms with Gasteiger partial charge in [-0.15, -0.1) is 0 Å². The fourth-order valence-corrected chi connectivity index (χ4v) is 1.94. The molecule has 2 unspecified atom stereocenters. The van der Waals surface area contributed by atoms with E-state index < -0.39 is 5.82 Å². The number of halogens is 1. The van der Waals surface area contributed by atoms with Crippen molar-refractivity contribution < 1.29 is 14.3 Å². The third kappa shape index (κ3) is 3.49. The third-order valence-electron chi connectivity index (χ3n) is 3.59. The summed E-state index contributed by atoms with van der Waals surface area (Å²) in [6, 6.07) is 7.81. The van der Waals surface area contributed by atoms with Crippen LogP contribution in [0.15, 0.2) is 42.7 Å². The zero-order valence-electron chi connectivity index (χ0n) is 12.1. The Balaban J connectivity index is 2.15. The van der Waals surface area contributed by atoms with Gasteiger partial charge in [0, 0.05) is 30.6 Å². The number of nitrogens with one attached hydrogen (secondary N) is 1. The van der Waals surface area contributed by atoms with Crippen LogP contribution in [0.5, 0.6) is 0 Å². The molecule has 1 aromatic carbocycles. The molecule has 5 heteroatoms. The van der Waals surface area contributed by atoms with Crippen LogP contribution >= 0.6 is 0 Å². The van der Waals surface area contributed by atoms with Gasteiger partial charge in [-0.2, -0.15) is 0 Å². The summed E-state index contributed by atoms with van der Waals surface area (Å²) in [4.78, 5) is 12.1. The lowest BCUT2D eigenvalue weighted by molar-refractivity contribution is 0.0916. The van der Waals surface area contributed by atoms with Crippen LogP contribution in [0.4, 0.5) is 4.39 Å². The number of benzene rings is 1. The Bertz CT molecular complexity index is 611. The van der Waals surface area contributed by atoms with Gasteiger partial charge < -0.3 is 15.0 Å². The summed E-state index contributed by atoms with van der Waals surface area (Å²) >= 11 is 0. The number of aliphatic hydroxyl groups is 1.